The summed E-state index contributed by atoms with van der Waals surface area (Å²) in [5.41, 5.74) is 2.95. The number of benzene rings is 2. The Kier molecular flexibility index (Phi) is 3.59. The lowest BCUT2D eigenvalue weighted by atomic mass is 10.2. The lowest BCUT2D eigenvalue weighted by Gasteiger charge is -2.14. The summed E-state index contributed by atoms with van der Waals surface area (Å²) < 4.78 is 3.20. The van der Waals surface area contributed by atoms with Gasteiger partial charge >= 0.3 is 0 Å². The summed E-state index contributed by atoms with van der Waals surface area (Å²) in [4.78, 5) is 7.94. The van der Waals surface area contributed by atoms with E-state index in [1.54, 1.807) is 11.3 Å². The first kappa shape index (κ1) is 14.3. The SMILES string of the molecule is CN(C)c1cc(Cl)c2nc3ccc(=[N+](C)C)cc-3sc2c1. The molecule has 3 rings (SSSR count). The second-order valence-corrected chi connectivity index (χ2v) is 6.92. The van der Waals surface area contributed by atoms with Gasteiger partial charge in [0.25, 0.3) is 0 Å². The molecular formula is C16H17ClN3S+. The van der Waals surface area contributed by atoms with Gasteiger partial charge in [-0.05, 0) is 18.2 Å². The van der Waals surface area contributed by atoms with Crippen LogP contribution in [0.1, 0.15) is 0 Å². The third kappa shape index (κ3) is 2.61. The van der Waals surface area contributed by atoms with E-state index in [0.29, 0.717) is 5.02 Å². The van der Waals surface area contributed by atoms with Gasteiger partial charge in [-0.15, -0.1) is 11.3 Å². The van der Waals surface area contributed by atoms with Crippen molar-refractivity contribution in [2.24, 2.45) is 0 Å². The van der Waals surface area contributed by atoms with Gasteiger partial charge in [-0.25, -0.2) is 9.56 Å². The highest BCUT2D eigenvalue weighted by Gasteiger charge is 2.12. The van der Waals surface area contributed by atoms with E-state index in [9.17, 15) is 0 Å². The number of nitrogens with zero attached hydrogens (tertiary/aromatic N) is 3. The average Bonchev–Trinajstić information content (AvgIpc) is 2.44. The molecule has 108 valence electrons. The van der Waals surface area contributed by atoms with Crippen LogP contribution >= 0.6 is 22.9 Å². The van der Waals surface area contributed by atoms with Crippen LogP contribution < -0.4 is 14.8 Å². The van der Waals surface area contributed by atoms with Gasteiger partial charge < -0.3 is 4.90 Å². The van der Waals surface area contributed by atoms with Gasteiger partial charge in [0.1, 0.15) is 14.1 Å². The van der Waals surface area contributed by atoms with Crippen LogP contribution in [0.3, 0.4) is 0 Å². The molecule has 0 atom stereocenters. The summed E-state index contributed by atoms with van der Waals surface area (Å²) in [6, 6.07) is 10.4. The van der Waals surface area contributed by atoms with Crippen molar-refractivity contribution in [1.29, 1.82) is 0 Å². The van der Waals surface area contributed by atoms with Gasteiger partial charge in [-0.1, -0.05) is 11.6 Å². The molecule has 0 unspecified atom stereocenters. The van der Waals surface area contributed by atoms with E-state index in [1.165, 1.54) is 10.2 Å². The number of hydrogen-bond acceptors (Lipinski definition) is 3. The molecule has 1 aromatic rings. The van der Waals surface area contributed by atoms with E-state index in [0.717, 1.165) is 21.6 Å². The zero-order valence-electron chi connectivity index (χ0n) is 12.5. The molecule has 3 nitrogen and oxygen atoms in total. The standard InChI is InChI=1S/C16H17ClN3S/c1-19(2)10-5-6-13-14(8-10)21-15-9-11(20(3)4)7-12(17)16(15)18-13/h5-9H,1-4H3/q+1. The summed E-state index contributed by atoms with van der Waals surface area (Å²) in [5, 5.41) is 1.88. The predicted octanol–water partition coefficient (Wildman–Crippen LogP) is 3.15. The normalized spacial score (nSPS) is 11.1. The molecule has 0 radical (unpaired) electrons. The quantitative estimate of drug-likeness (QED) is 0.507. The molecule has 2 aliphatic rings. The van der Waals surface area contributed by atoms with Crippen molar-refractivity contribution in [2.75, 3.05) is 33.1 Å². The number of rotatable bonds is 1. The summed E-state index contributed by atoms with van der Waals surface area (Å²) in [5.74, 6) is 0. The summed E-state index contributed by atoms with van der Waals surface area (Å²) in [6.07, 6.45) is 0. The smallest absolute Gasteiger partial charge is 0.201 e. The summed E-state index contributed by atoms with van der Waals surface area (Å²) in [7, 11) is 8.12. The van der Waals surface area contributed by atoms with E-state index in [-0.39, 0.29) is 0 Å². The molecule has 0 amide bonds. The van der Waals surface area contributed by atoms with Crippen LogP contribution in [-0.2, 0) is 0 Å². The number of halogens is 1. The minimum atomic E-state index is 0.700. The first-order chi connectivity index (χ1) is 9.95. The Morgan fingerprint density at radius 1 is 1.14 bits per heavy atom. The number of aromatic nitrogens is 1. The third-order valence-electron chi connectivity index (χ3n) is 3.44. The molecule has 0 N–H and O–H groups in total. The van der Waals surface area contributed by atoms with Crippen molar-refractivity contribution < 1.29 is 0 Å². The molecule has 1 aliphatic heterocycles. The number of hydrogen-bond donors (Lipinski definition) is 0. The van der Waals surface area contributed by atoms with Crippen LogP contribution in [-0.4, -0.2) is 33.2 Å². The molecule has 0 bridgehead atoms. The fourth-order valence-corrected chi connectivity index (χ4v) is 3.58. The fraction of sp³-hybridized carbons (Fsp3) is 0.250. The van der Waals surface area contributed by atoms with Gasteiger partial charge in [0.05, 0.1) is 25.8 Å². The van der Waals surface area contributed by atoms with Crippen LogP contribution in [0, 0.1) is 0 Å². The van der Waals surface area contributed by atoms with Gasteiger partial charge in [0, 0.05) is 31.9 Å². The molecule has 0 saturated carbocycles. The van der Waals surface area contributed by atoms with Crippen LogP contribution in [0.2, 0.25) is 5.02 Å². The topological polar surface area (TPSA) is 19.1 Å². The van der Waals surface area contributed by atoms with Crippen molar-refractivity contribution >= 4 is 38.8 Å². The summed E-state index contributed by atoms with van der Waals surface area (Å²) >= 11 is 8.13. The molecule has 1 aliphatic carbocycles. The van der Waals surface area contributed by atoms with Crippen LogP contribution in [0.4, 0.5) is 5.69 Å². The van der Waals surface area contributed by atoms with Crippen molar-refractivity contribution in [3.8, 4) is 10.6 Å². The van der Waals surface area contributed by atoms with E-state index < -0.39 is 0 Å². The van der Waals surface area contributed by atoms with Crippen LogP contribution in [0.25, 0.3) is 20.8 Å². The Hall–Kier alpha value is -1.65. The van der Waals surface area contributed by atoms with Gasteiger partial charge in [0.2, 0.25) is 5.36 Å². The third-order valence-corrected chi connectivity index (χ3v) is 4.81. The molecule has 0 spiro atoms. The van der Waals surface area contributed by atoms with E-state index >= 15 is 0 Å². The molecular weight excluding hydrogens is 302 g/mol. The fourth-order valence-electron chi connectivity index (χ4n) is 2.20. The molecule has 0 aromatic heterocycles. The average molecular weight is 319 g/mol. The van der Waals surface area contributed by atoms with E-state index in [1.807, 2.05) is 34.3 Å². The predicted molar refractivity (Wildman–Crippen MR) is 92.7 cm³/mol. The molecule has 5 heteroatoms. The highest BCUT2D eigenvalue weighted by atomic mass is 35.5. The Bertz CT molecular complexity index is 863. The molecule has 1 heterocycles. The van der Waals surface area contributed by atoms with Gasteiger partial charge in [-0.2, -0.15) is 0 Å². The molecule has 0 fully saturated rings. The number of anilines is 1. The van der Waals surface area contributed by atoms with Crippen LogP contribution in [0.5, 0.6) is 0 Å². The molecule has 1 aromatic carbocycles. The lowest BCUT2D eigenvalue weighted by molar-refractivity contribution is 0.814. The first-order valence-electron chi connectivity index (χ1n) is 6.67. The zero-order valence-corrected chi connectivity index (χ0v) is 14.1. The maximum Gasteiger partial charge on any atom is 0.201 e. The van der Waals surface area contributed by atoms with Crippen molar-refractivity contribution in [2.45, 2.75) is 0 Å². The molecule has 0 saturated heterocycles. The van der Waals surface area contributed by atoms with Crippen molar-refractivity contribution in [3.05, 3.63) is 40.7 Å². The van der Waals surface area contributed by atoms with Crippen molar-refractivity contribution in [3.63, 3.8) is 0 Å². The Balaban J connectivity index is 2.37. The number of fused-ring (bicyclic) bond motifs is 2. The monoisotopic (exact) mass is 318 g/mol. The Morgan fingerprint density at radius 2 is 1.90 bits per heavy atom. The Labute approximate surface area is 133 Å². The minimum Gasteiger partial charge on any atom is -0.378 e. The Morgan fingerprint density at radius 3 is 2.57 bits per heavy atom. The first-order valence-corrected chi connectivity index (χ1v) is 7.87. The second-order valence-electron chi connectivity index (χ2n) is 5.43. The maximum absolute atomic E-state index is 6.40. The van der Waals surface area contributed by atoms with Gasteiger partial charge in [-0.3, -0.25) is 0 Å². The molecule has 21 heavy (non-hydrogen) atoms. The maximum atomic E-state index is 6.40. The zero-order chi connectivity index (χ0) is 15.1. The largest absolute Gasteiger partial charge is 0.378 e. The van der Waals surface area contributed by atoms with E-state index in [2.05, 4.69) is 33.7 Å². The lowest BCUT2D eigenvalue weighted by Crippen LogP contribution is -2.21. The van der Waals surface area contributed by atoms with E-state index in [4.69, 9.17) is 16.6 Å². The highest BCUT2D eigenvalue weighted by Crippen LogP contribution is 2.35. The van der Waals surface area contributed by atoms with Gasteiger partial charge in [0.15, 0.2) is 0 Å². The summed E-state index contributed by atoms with van der Waals surface area (Å²) in [6.45, 7) is 0. The highest BCUT2D eigenvalue weighted by molar-refractivity contribution is 7.21. The second kappa shape index (κ2) is 5.28. The van der Waals surface area contributed by atoms with Crippen molar-refractivity contribution in [1.82, 2.24) is 9.56 Å². The minimum absolute atomic E-state index is 0.700. The van der Waals surface area contributed by atoms with Crippen LogP contribution in [0.15, 0.2) is 30.3 Å².